The monoisotopic (exact) mass is 387 g/mol. The van der Waals surface area contributed by atoms with E-state index in [-0.39, 0.29) is 11.9 Å². The first kappa shape index (κ1) is 18.7. The third-order valence-corrected chi connectivity index (χ3v) is 5.30. The van der Waals surface area contributed by atoms with E-state index < -0.39 is 0 Å². The van der Waals surface area contributed by atoms with Crippen molar-refractivity contribution >= 4 is 40.5 Å². The van der Waals surface area contributed by atoms with Crippen LogP contribution >= 0.6 is 23.8 Å². The molecule has 2 aromatic carbocycles. The van der Waals surface area contributed by atoms with Crippen molar-refractivity contribution in [2.24, 2.45) is 0 Å². The second-order valence-corrected chi connectivity index (χ2v) is 7.25. The summed E-state index contributed by atoms with van der Waals surface area (Å²) in [5.74, 6) is 0.0938. The van der Waals surface area contributed by atoms with Gasteiger partial charge in [0, 0.05) is 24.7 Å². The SMILES string of the molecule is Cc1cccc(NC(=S)NC2CCN(C(=O)c3ccccc3)CC2)c1Cl. The second-order valence-electron chi connectivity index (χ2n) is 6.47. The lowest BCUT2D eigenvalue weighted by Gasteiger charge is -2.33. The van der Waals surface area contributed by atoms with Crippen LogP contribution in [-0.2, 0) is 0 Å². The smallest absolute Gasteiger partial charge is 0.253 e. The van der Waals surface area contributed by atoms with Crippen LogP contribution in [0.3, 0.4) is 0 Å². The Hall–Kier alpha value is -2.11. The average Bonchev–Trinajstić information content (AvgIpc) is 2.66. The minimum atomic E-state index is 0.0938. The molecule has 0 bridgehead atoms. The van der Waals surface area contributed by atoms with E-state index in [0.717, 1.165) is 42.7 Å². The van der Waals surface area contributed by atoms with Gasteiger partial charge < -0.3 is 15.5 Å². The van der Waals surface area contributed by atoms with Crippen molar-refractivity contribution in [3.8, 4) is 0 Å². The standard InChI is InChI=1S/C20H22ClN3OS/c1-14-6-5-9-17(18(14)21)23-20(26)22-16-10-12-24(13-11-16)19(25)15-7-3-2-4-8-15/h2-9,16H,10-13H2,1H3,(H2,22,23,26). The number of amides is 1. The van der Waals surface area contributed by atoms with Crippen LogP contribution in [0.5, 0.6) is 0 Å². The molecule has 2 N–H and O–H groups in total. The van der Waals surface area contributed by atoms with Crippen LogP contribution in [-0.4, -0.2) is 35.1 Å². The summed E-state index contributed by atoms with van der Waals surface area (Å²) in [6.45, 7) is 3.40. The second kappa shape index (κ2) is 8.52. The van der Waals surface area contributed by atoms with E-state index in [1.165, 1.54) is 0 Å². The fourth-order valence-electron chi connectivity index (χ4n) is 3.08. The van der Waals surface area contributed by atoms with Crippen molar-refractivity contribution in [1.82, 2.24) is 10.2 Å². The normalized spacial score (nSPS) is 14.8. The fraction of sp³-hybridized carbons (Fsp3) is 0.300. The number of hydrogen-bond acceptors (Lipinski definition) is 2. The quantitative estimate of drug-likeness (QED) is 0.773. The van der Waals surface area contributed by atoms with Crippen LogP contribution in [0, 0.1) is 6.92 Å². The molecule has 3 rings (SSSR count). The molecule has 4 nitrogen and oxygen atoms in total. The summed E-state index contributed by atoms with van der Waals surface area (Å²) in [4.78, 5) is 14.4. The first-order valence-electron chi connectivity index (χ1n) is 8.71. The van der Waals surface area contributed by atoms with Gasteiger partial charge in [0.25, 0.3) is 5.91 Å². The van der Waals surface area contributed by atoms with Gasteiger partial charge in [-0.1, -0.05) is 41.9 Å². The molecule has 1 amide bonds. The van der Waals surface area contributed by atoms with E-state index in [1.807, 2.05) is 60.4 Å². The molecule has 1 heterocycles. The third kappa shape index (κ3) is 4.54. The summed E-state index contributed by atoms with van der Waals surface area (Å²) in [7, 11) is 0. The molecule has 1 saturated heterocycles. The molecule has 2 aromatic rings. The van der Waals surface area contributed by atoms with Gasteiger partial charge in [-0.3, -0.25) is 4.79 Å². The van der Waals surface area contributed by atoms with Gasteiger partial charge in [-0.2, -0.15) is 0 Å². The van der Waals surface area contributed by atoms with Gasteiger partial charge >= 0.3 is 0 Å². The third-order valence-electron chi connectivity index (χ3n) is 4.58. The lowest BCUT2D eigenvalue weighted by atomic mass is 10.0. The Morgan fingerprint density at radius 2 is 1.81 bits per heavy atom. The number of benzene rings is 2. The van der Waals surface area contributed by atoms with E-state index in [0.29, 0.717) is 10.1 Å². The van der Waals surface area contributed by atoms with Crippen LogP contribution < -0.4 is 10.6 Å². The van der Waals surface area contributed by atoms with Crippen LogP contribution in [0.4, 0.5) is 5.69 Å². The van der Waals surface area contributed by atoms with Gasteiger partial charge in [0.05, 0.1) is 10.7 Å². The Kier molecular flexibility index (Phi) is 6.12. The maximum Gasteiger partial charge on any atom is 0.253 e. The summed E-state index contributed by atoms with van der Waals surface area (Å²) >= 11 is 11.7. The van der Waals surface area contributed by atoms with Crippen molar-refractivity contribution in [1.29, 1.82) is 0 Å². The molecular formula is C20H22ClN3OS. The number of thiocarbonyl (C=S) groups is 1. The Morgan fingerprint density at radius 1 is 1.12 bits per heavy atom. The number of rotatable bonds is 3. The number of nitrogens with one attached hydrogen (secondary N) is 2. The van der Waals surface area contributed by atoms with Gasteiger partial charge in [-0.05, 0) is 55.7 Å². The van der Waals surface area contributed by atoms with Crippen molar-refractivity contribution in [2.45, 2.75) is 25.8 Å². The minimum Gasteiger partial charge on any atom is -0.360 e. The molecule has 26 heavy (non-hydrogen) atoms. The van der Waals surface area contributed by atoms with E-state index in [1.54, 1.807) is 0 Å². The van der Waals surface area contributed by atoms with Crippen molar-refractivity contribution in [2.75, 3.05) is 18.4 Å². The van der Waals surface area contributed by atoms with Crippen molar-refractivity contribution < 1.29 is 4.79 Å². The highest BCUT2D eigenvalue weighted by Crippen LogP contribution is 2.25. The van der Waals surface area contributed by atoms with Crippen LogP contribution in [0.25, 0.3) is 0 Å². The molecule has 1 aliphatic rings. The number of carbonyl (C=O) groups is 1. The number of piperidine rings is 1. The number of halogens is 1. The van der Waals surface area contributed by atoms with Crippen LogP contribution in [0.2, 0.25) is 5.02 Å². The molecule has 0 unspecified atom stereocenters. The zero-order valence-electron chi connectivity index (χ0n) is 14.7. The molecule has 1 aliphatic heterocycles. The maximum atomic E-state index is 12.5. The summed E-state index contributed by atoms with van der Waals surface area (Å²) in [5.41, 5.74) is 2.55. The first-order chi connectivity index (χ1) is 12.5. The molecule has 0 spiro atoms. The Labute approximate surface area is 164 Å². The molecule has 1 fully saturated rings. The van der Waals surface area contributed by atoms with Gasteiger partial charge in [0.15, 0.2) is 5.11 Å². The summed E-state index contributed by atoms with van der Waals surface area (Å²) in [6.07, 6.45) is 1.73. The highest BCUT2D eigenvalue weighted by molar-refractivity contribution is 7.80. The topological polar surface area (TPSA) is 44.4 Å². The molecule has 136 valence electrons. The van der Waals surface area contributed by atoms with E-state index in [2.05, 4.69) is 10.6 Å². The number of carbonyl (C=O) groups excluding carboxylic acids is 1. The highest BCUT2D eigenvalue weighted by Gasteiger charge is 2.24. The molecule has 0 radical (unpaired) electrons. The minimum absolute atomic E-state index is 0.0938. The molecular weight excluding hydrogens is 366 g/mol. The summed E-state index contributed by atoms with van der Waals surface area (Å²) < 4.78 is 0. The van der Waals surface area contributed by atoms with E-state index in [4.69, 9.17) is 23.8 Å². The van der Waals surface area contributed by atoms with Gasteiger partial charge in [0.1, 0.15) is 0 Å². The molecule has 0 aromatic heterocycles. The number of likely N-dealkylation sites (tertiary alicyclic amines) is 1. The molecule has 0 atom stereocenters. The fourth-order valence-corrected chi connectivity index (χ4v) is 3.53. The molecule has 0 saturated carbocycles. The summed E-state index contributed by atoms with van der Waals surface area (Å²) in [5, 5.41) is 7.74. The number of nitrogens with zero attached hydrogens (tertiary/aromatic N) is 1. The highest BCUT2D eigenvalue weighted by atomic mass is 35.5. The van der Waals surface area contributed by atoms with Gasteiger partial charge in [0.2, 0.25) is 0 Å². The molecule has 0 aliphatic carbocycles. The van der Waals surface area contributed by atoms with Crippen molar-refractivity contribution in [3.63, 3.8) is 0 Å². The number of aryl methyl sites for hydroxylation is 1. The zero-order valence-corrected chi connectivity index (χ0v) is 16.2. The van der Waals surface area contributed by atoms with E-state index in [9.17, 15) is 4.79 Å². The Balaban J connectivity index is 1.50. The van der Waals surface area contributed by atoms with Gasteiger partial charge in [-0.15, -0.1) is 0 Å². The van der Waals surface area contributed by atoms with Gasteiger partial charge in [-0.25, -0.2) is 0 Å². The largest absolute Gasteiger partial charge is 0.360 e. The maximum absolute atomic E-state index is 12.5. The van der Waals surface area contributed by atoms with Crippen LogP contribution in [0.15, 0.2) is 48.5 Å². The van der Waals surface area contributed by atoms with Crippen molar-refractivity contribution in [3.05, 3.63) is 64.7 Å². The first-order valence-corrected chi connectivity index (χ1v) is 9.50. The average molecular weight is 388 g/mol. The Morgan fingerprint density at radius 3 is 2.50 bits per heavy atom. The lowest BCUT2D eigenvalue weighted by Crippen LogP contribution is -2.47. The molecule has 6 heteroatoms. The number of anilines is 1. The Bertz CT molecular complexity index is 789. The predicted octanol–water partition coefficient (Wildman–Crippen LogP) is 4.24. The lowest BCUT2D eigenvalue weighted by molar-refractivity contribution is 0.0710. The zero-order chi connectivity index (χ0) is 18.5. The number of hydrogen-bond donors (Lipinski definition) is 2. The summed E-state index contributed by atoms with van der Waals surface area (Å²) in [6, 6.07) is 15.5. The van der Waals surface area contributed by atoms with E-state index >= 15 is 0 Å². The van der Waals surface area contributed by atoms with Crippen LogP contribution in [0.1, 0.15) is 28.8 Å². The predicted molar refractivity (Wildman–Crippen MR) is 111 cm³/mol.